The minimum Gasteiger partial charge on any atom is -0.487 e. The predicted molar refractivity (Wildman–Crippen MR) is 131 cm³/mol. The lowest BCUT2D eigenvalue weighted by molar-refractivity contribution is 0.0906. The number of hydrogen-bond acceptors (Lipinski definition) is 4. The minimum absolute atomic E-state index is 0.459. The lowest BCUT2D eigenvalue weighted by Gasteiger charge is -2.22. The number of aliphatic imine (C=N–C) groups is 1. The fraction of sp³-hybridized carbons (Fsp3) is 0.333. The molecule has 33 heavy (non-hydrogen) atoms. The molecule has 0 aliphatic carbocycles. The fourth-order valence-corrected chi connectivity index (χ4v) is 3.98. The molecule has 6 nitrogen and oxygen atoms in total. The van der Waals surface area contributed by atoms with Crippen LogP contribution in [0, 0.1) is 5.92 Å². The van der Waals surface area contributed by atoms with Gasteiger partial charge in [-0.1, -0.05) is 48.5 Å². The molecule has 1 atom stereocenters. The molecule has 0 radical (unpaired) electrons. The second-order valence-electron chi connectivity index (χ2n) is 8.26. The van der Waals surface area contributed by atoms with Crippen molar-refractivity contribution >= 4 is 5.96 Å². The molecule has 172 valence electrons. The Morgan fingerprint density at radius 3 is 2.70 bits per heavy atom. The highest BCUT2D eigenvalue weighted by Gasteiger charge is 2.25. The van der Waals surface area contributed by atoms with E-state index in [0.717, 1.165) is 49.1 Å². The molecule has 1 aliphatic rings. The Morgan fingerprint density at radius 1 is 1.03 bits per heavy atom. The summed E-state index contributed by atoms with van der Waals surface area (Å²) < 4.78 is 11.9. The summed E-state index contributed by atoms with van der Waals surface area (Å²) in [4.78, 5) is 11.1. The first kappa shape index (κ1) is 22.8. The van der Waals surface area contributed by atoms with Gasteiger partial charge in [0.05, 0.1) is 18.9 Å². The third-order valence-electron chi connectivity index (χ3n) is 5.72. The van der Waals surface area contributed by atoms with Crippen LogP contribution in [0.5, 0.6) is 5.75 Å². The normalized spacial score (nSPS) is 16.1. The van der Waals surface area contributed by atoms with Gasteiger partial charge < -0.3 is 19.7 Å². The molecule has 1 unspecified atom stereocenters. The molecule has 4 rings (SSSR count). The van der Waals surface area contributed by atoms with E-state index in [-0.39, 0.29) is 0 Å². The summed E-state index contributed by atoms with van der Waals surface area (Å²) in [6, 6.07) is 24.3. The van der Waals surface area contributed by atoms with E-state index in [1.807, 2.05) is 55.6 Å². The van der Waals surface area contributed by atoms with Gasteiger partial charge in [0.25, 0.3) is 0 Å². The molecule has 0 spiro atoms. The number of nitrogens with zero attached hydrogens (tertiary/aromatic N) is 3. The zero-order valence-electron chi connectivity index (χ0n) is 19.2. The van der Waals surface area contributed by atoms with Crippen molar-refractivity contribution < 1.29 is 9.47 Å². The maximum absolute atomic E-state index is 5.96. The maximum atomic E-state index is 5.96. The Kier molecular flexibility index (Phi) is 8.30. The number of ether oxygens (including phenoxy) is 2. The average molecular weight is 445 g/mol. The first-order chi connectivity index (χ1) is 16.3. The highest BCUT2D eigenvalue weighted by atomic mass is 16.5. The fourth-order valence-electron chi connectivity index (χ4n) is 3.98. The standard InChI is InChI=1S/C27H32N4O2/c1-28-27(31-15-13-24(18-31)20-32-19-22-8-3-2-4-9-22)30-17-23-10-7-12-26(16-23)33-21-25-11-5-6-14-29-25/h2-12,14,16,24H,13,15,17-21H2,1H3,(H,28,30). The lowest BCUT2D eigenvalue weighted by atomic mass is 10.1. The molecular formula is C27H32N4O2. The van der Waals surface area contributed by atoms with Gasteiger partial charge >= 0.3 is 0 Å². The van der Waals surface area contributed by atoms with E-state index >= 15 is 0 Å². The van der Waals surface area contributed by atoms with Gasteiger partial charge in [0.2, 0.25) is 0 Å². The molecule has 0 bridgehead atoms. The summed E-state index contributed by atoms with van der Waals surface area (Å²) in [5.74, 6) is 2.29. The molecule has 6 heteroatoms. The number of likely N-dealkylation sites (tertiary alicyclic amines) is 1. The number of nitrogens with one attached hydrogen (secondary N) is 1. The van der Waals surface area contributed by atoms with Gasteiger partial charge in [-0.05, 0) is 41.8 Å². The average Bonchev–Trinajstić information content (AvgIpc) is 3.33. The Labute approximate surface area is 196 Å². The van der Waals surface area contributed by atoms with Gasteiger partial charge in [-0.3, -0.25) is 9.98 Å². The molecule has 0 amide bonds. The Balaban J connectivity index is 1.21. The first-order valence-electron chi connectivity index (χ1n) is 11.5. The largest absolute Gasteiger partial charge is 0.487 e. The summed E-state index contributed by atoms with van der Waals surface area (Å²) >= 11 is 0. The van der Waals surface area contributed by atoms with Crippen molar-refractivity contribution in [2.24, 2.45) is 10.9 Å². The monoisotopic (exact) mass is 444 g/mol. The highest BCUT2D eigenvalue weighted by Crippen LogP contribution is 2.18. The van der Waals surface area contributed by atoms with Crippen LogP contribution in [-0.2, 0) is 24.5 Å². The van der Waals surface area contributed by atoms with Crippen molar-refractivity contribution in [1.29, 1.82) is 0 Å². The van der Waals surface area contributed by atoms with Crippen LogP contribution in [0.4, 0.5) is 0 Å². The molecule has 2 heterocycles. The van der Waals surface area contributed by atoms with Crippen LogP contribution in [0.1, 0.15) is 23.2 Å². The zero-order valence-corrected chi connectivity index (χ0v) is 19.2. The number of benzene rings is 2. The van der Waals surface area contributed by atoms with Crippen molar-refractivity contribution in [2.75, 3.05) is 26.7 Å². The Bertz CT molecular complexity index is 1010. The van der Waals surface area contributed by atoms with Gasteiger partial charge in [-0.25, -0.2) is 0 Å². The minimum atomic E-state index is 0.459. The summed E-state index contributed by atoms with van der Waals surface area (Å²) in [5, 5.41) is 3.50. The maximum Gasteiger partial charge on any atom is 0.193 e. The Hall–Kier alpha value is -3.38. The SMILES string of the molecule is CN=C(NCc1cccc(OCc2ccccn2)c1)N1CCC(COCc2ccccc2)C1. The molecule has 2 aromatic carbocycles. The van der Waals surface area contributed by atoms with E-state index in [0.29, 0.717) is 25.7 Å². The first-order valence-corrected chi connectivity index (χ1v) is 11.5. The van der Waals surface area contributed by atoms with Gasteiger partial charge in [-0.2, -0.15) is 0 Å². The van der Waals surface area contributed by atoms with E-state index in [1.54, 1.807) is 6.20 Å². The smallest absolute Gasteiger partial charge is 0.193 e. The predicted octanol–water partition coefficient (Wildman–Crippen LogP) is 4.27. The van der Waals surface area contributed by atoms with Crippen molar-refractivity contribution in [1.82, 2.24) is 15.2 Å². The van der Waals surface area contributed by atoms with Crippen molar-refractivity contribution in [2.45, 2.75) is 26.2 Å². The summed E-state index contributed by atoms with van der Waals surface area (Å²) in [6.07, 6.45) is 2.90. The van der Waals surface area contributed by atoms with Crippen LogP contribution < -0.4 is 10.1 Å². The molecular weight excluding hydrogens is 412 g/mol. The van der Waals surface area contributed by atoms with E-state index in [2.05, 4.69) is 44.5 Å². The molecule has 1 N–H and O–H groups in total. The highest BCUT2D eigenvalue weighted by molar-refractivity contribution is 5.80. The molecule has 0 saturated carbocycles. The number of hydrogen-bond donors (Lipinski definition) is 1. The zero-order chi connectivity index (χ0) is 22.7. The van der Waals surface area contributed by atoms with Crippen molar-refractivity contribution in [3.8, 4) is 5.75 Å². The number of rotatable bonds is 9. The van der Waals surface area contributed by atoms with E-state index in [9.17, 15) is 0 Å². The van der Waals surface area contributed by atoms with Gasteiger partial charge in [0.1, 0.15) is 12.4 Å². The van der Waals surface area contributed by atoms with Gasteiger partial charge in [0.15, 0.2) is 5.96 Å². The number of guanidine groups is 1. The van der Waals surface area contributed by atoms with Crippen molar-refractivity contribution in [3.63, 3.8) is 0 Å². The van der Waals surface area contributed by atoms with Crippen LogP contribution in [-0.4, -0.2) is 42.6 Å². The van der Waals surface area contributed by atoms with E-state index in [1.165, 1.54) is 5.56 Å². The van der Waals surface area contributed by atoms with Gasteiger partial charge in [0, 0.05) is 38.8 Å². The van der Waals surface area contributed by atoms with Crippen LogP contribution in [0.15, 0.2) is 84.0 Å². The number of aromatic nitrogens is 1. The lowest BCUT2D eigenvalue weighted by Crippen LogP contribution is -2.39. The molecule has 3 aromatic rings. The van der Waals surface area contributed by atoms with Crippen LogP contribution in [0.25, 0.3) is 0 Å². The van der Waals surface area contributed by atoms with Gasteiger partial charge in [-0.15, -0.1) is 0 Å². The molecule has 1 saturated heterocycles. The molecule has 1 fully saturated rings. The van der Waals surface area contributed by atoms with Crippen LogP contribution >= 0.6 is 0 Å². The summed E-state index contributed by atoms with van der Waals surface area (Å²) in [7, 11) is 1.84. The third-order valence-corrected chi connectivity index (χ3v) is 5.72. The second-order valence-corrected chi connectivity index (χ2v) is 8.26. The van der Waals surface area contributed by atoms with Crippen molar-refractivity contribution in [3.05, 3.63) is 95.8 Å². The molecule has 1 aromatic heterocycles. The second kappa shape index (κ2) is 12.0. The summed E-state index contributed by atoms with van der Waals surface area (Å²) in [6.45, 7) is 4.55. The topological polar surface area (TPSA) is 59.0 Å². The summed E-state index contributed by atoms with van der Waals surface area (Å²) in [5.41, 5.74) is 3.28. The third kappa shape index (κ3) is 7.05. The molecule has 1 aliphatic heterocycles. The van der Waals surface area contributed by atoms with E-state index < -0.39 is 0 Å². The Morgan fingerprint density at radius 2 is 1.88 bits per heavy atom. The van der Waals surface area contributed by atoms with Crippen LogP contribution in [0.3, 0.4) is 0 Å². The number of pyridine rings is 1. The van der Waals surface area contributed by atoms with E-state index in [4.69, 9.17) is 9.47 Å². The quantitative estimate of drug-likeness (QED) is 0.394. The van der Waals surface area contributed by atoms with Crippen LogP contribution in [0.2, 0.25) is 0 Å².